The molecule has 1 N–H and O–H groups in total. The van der Waals surface area contributed by atoms with Crippen LogP contribution in [0.15, 0.2) is 103 Å². The Morgan fingerprint density at radius 3 is 2.03 bits per heavy atom. The molecule has 4 atom stereocenters. The summed E-state index contributed by atoms with van der Waals surface area (Å²) in [6, 6.07) is 30.9. The molecule has 0 radical (unpaired) electrons. The van der Waals surface area contributed by atoms with Crippen LogP contribution in [0.1, 0.15) is 28.5 Å². The first-order valence-corrected chi connectivity index (χ1v) is 11.0. The molecule has 3 aromatic carbocycles. The number of rotatable bonds is 5. The van der Waals surface area contributed by atoms with Crippen LogP contribution in [0.25, 0.3) is 0 Å². The fourth-order valence-corrected chi connectivity index (χ4v) is 5.70. The quantitative estimate of drug-likeness (QED) is 0.579. The molecule has 31 heavy (non-hydrogen) atoms. The molecule has 1 aliphatic heterocycles. The zero-order chi connectivity index (χ0) is 21.3. The number of carbonyl (C=O) groups is 1. The first-order valence-electron chi connectivity index (χ1n) is 11.0. The summed E-state index contributed by atoms with van der Waals surface area (Å²) in [4.78, 5) is 15.4. The third-order valence-corrected chi connectivity index (χ3v) is 7.09. The molecule has 1 aliphatic carbocycles. The topological polar surface area (TPSA) is 40.5 Å². The summed E-state index contributed by atoms with van der Waals surface area (Å²) in [5, 5.41) is 10.7. The molecule has 0 aromatic heterocycles. The molecule has 3 heteroatoms. The van der Waals surface area contributed by atoms with E-state index in [1.165, 1.54) is 11.1 Å². The smallest absolute Gasteiger partial charge is 0.312 e. The lowest BCUT2D eigenvalue weighted by Gasteiger charge is -2.43. The highest BCUT2D eigenvalue weighted by Crippen LogP contribution is 2.56. The number of nitrogens with zero attached hydrogens (tertiary/aromatic N) is 1. The van der Waals surface area contributed by atoms with E-state index in [-0.39, 0.29) is 17.8 Å². The normalized spacial score (nSPS) is 27.7. The first-order chi connectivity index (χ1) is 15.2. The van der Waals surface area contributed by atoms with Gasteiger partial charge < -0.3 is 5.11 Å². The van der Waals surface area contributed by atoms with E-state index >= 15 is 0 Å². The molecule has 0 spiro atoms. The number of allylic oxidation sites excluding steroid dienone is 2. The van der Waals surface area contributed by atoms with E-state index in [0.29, 0.717) is 6.54 Å². The minimum Gasteiger partial charge on any atom is -0.481 e. The van der Waals surface area contributed by atoms with Crippen LogP contribution in [-0.4, -0.2) is 29.1 Å². The second-order valence-electron chi connectivity index (χ2n) is 8.82. The van der Waals surface area contributed by atoms with Gasteiger partial charge in [0.1, 0.15) is 0 Å². The molecule has 156 valence electrons. The van der Waals surface area contributed by atoms with E-state index < -0.39 is 11.4 Å². The summed E-state index contributed by atoms with van der Waals surface area (Å²) in [5.41, 5.74) is 2.65. The van der Waals surface area contributed by atoms with Crippen molar-refractivity contribution in [1.29, 1.82) is 0 Å². The number of carboxylic acid groups (broad SMARTS) is 1. The van der Waals surface area contributed by atoms with Gasteiger partial charge in [-0.1, -0.05) is 103 Å². The van der Waals surface area contributed by atoms with Gasteiger partial charge in [0.2, 0.25) is 0 Å². The number of carboxylic acids is 1. The molecular weight excluding hydrogens is 382 g/mol. The Bertz CT molecular complexity index is 1060. The second kappa shape index (κ2) is 8.16. The molecule has 3 aromatic rings. The Labute approximate surface area is 183 Å². The Kier molecular flexibility index (Phi) is 5.21. The number of hydrogen-bond donors (Lipinski definition) is 1. The number of benzene rings is 3. The zero-order valence-corrected chi connectivity index (χ0v) is 17.5. The SMILES string of the molecule is O=C(O)C12CN(Cc3ccccc3)CC1C(c1ccccc1)C=CC2c1ccccc1. The fourth-order valence-electron chi connectivity index (χ4n) is 5.70. The largest absolute Gasteiger partial charge is 0.481 e. The van der Waals surface area contributed by atoms with Crippen molar-refractivity contribution >= 4 is 5.97 Å². The maximum atomic E-state index is 13.1. The van der Waals surface area contributed by atoms with E-state index in [1.54, 1.807) is 0 Å². The van der Waals surface area contributed by atoms with Gasteiger partial charge in [0.05, 0.1) is 5.41 Å². The summed E-state index contributed by atoms with van der Waals surface area (Å²) in [5.74, 6) is -0.728. The van der Waals surface area contributed by atoms with Crippen LogP contribution in [0.3, 0.4) is 0 Å². The first kappa shape index (κ1) is 19.8. The van der Waals surface area contributed by atoms with Crippen molar-refractivity contribution in [3.8, 4) is 0 Å². The van der Waals surface area contributed by atoms with E-state index in [9.17, 15) is 9.90 Å². The van der Waals surface area contributed by atoms with Crippen molar-refractivity contribution in [1.82, 2.24) is 4.90 Å². The summed E-state index contributed by atoms with van der Waals surface area (Å²) in [7, 11) is 0. The van der Waals surface area contributed by atoms with Crippen LogP contribution in [0.2, 0.25) is 0 Å². The molecule has 1 saturated heterocycles. The molecule has 1 fully saturated rings. The third kappa shape index (κ3) is 3.49. The monoisotopic (exact) mass is 409 g/mol. The second-order valence-corrected chi connectivity index (χ2v) is 8.82. The van der Waals surface area contributed by atoms with Gasteiger partial charge in [-0.05, 0) is 16.7 Å². The predicted molar refractivity (Wildman–Crippen MR) is 123 cm³/mol. The van der Waals surface area contributed by atoms with Crippen LogP contribution >= 0.6 is 0 Å². The van der Waals surface area contributed by atoms with Crippen LogP contribution in [0.5, 0.6) is 0 Å². The Morgan fingerprint density at radius 1 is 0.839 bits per heavy atom. The van der Waals surface area contributed by atoms with Gasteiger partial charge in [-0.15, -0.1) is 0 Å². The highest BCUT2D eigenvalue weighted by atomic mass is 16.4. The van der Waals surface area contributed by atoms with Crippen LogP contribution in [0, 0.1) is 11.3 Å². The van der Waals surface area contributed by atoms with Gasteiger partial charge in [0.25, 0.3) is 0 Å². The van der Waals surface area contributed by atoms with E-state index in [1.807, 2.05) is 54.6 Å². The van der Waals surface area contributed by atoms with Gasteiger partial charge in [-0.25, -0.2) is 0 Å². The molecule has 0 saturated carbocycles. The highest BCUT2D eigenvalue weighted by molar-refractivity contribution is 5.79. The van der Waals surface area contributed by atoms with Gasteiger partial charge in [-0.2, -0.15) is 0 Å². The number of aliphatic carboxylic acids is 1. The number of hydrogen-bond acceptors (Lipinski definition) is 2. The maximum Gasteiger partial charge on any atom is 0.312 e. The lowest BCUT2D eigenvalue weighted by atomic mass is 9.58. The minimum atomic E-state index is -0.856. The summed E-state index contributed by atoms with van der Waals surface area (Å²) in [6.45, 7) is 2.10. The molecule has 1 heterocycles. The lowest BCUT2D eigenvalue weighted by molar-refractivity contribution is -0.152. The van der Waals surface area contributed by atoms with Crippen molar-refractivity contribution in [3.05, 3.63) is 120 Å². The van der Waals surface area contributed by atoms with E-state index in [0.717, 1.165) is 18.7 Å². The van der Waals surface area contributed by atoms with Crippen LogP contribution < -0.4 is 0 Å². The fraction of sp³-hybridized carbons (Fsp3) is 0.250. The van der Waals surface area contributed by atoms with Crippen molar-refractivity contribution < 1.29 is 9.90 Å². The van der Waals surface area contributed by atoms with Gasteiger partial charge in [-0.3, -0.25) is 9.69 Å². The van der Waals surface area contributed by atoms with E-state index in [2.05, 4.69) is 53.5 Å². The van der Waals surface area contributed by atoms with Crippen LogP contribution in [-0.2, 0) is 11.3 Å². The Balaban J connectivity index is 1.59. The van der Waals surface area contributed by atoms with Gasteiger partial charge in [0, 0.05) is 37.4 Å². The molecule has 0 amide bonds. The molecule has 3 nitrogen and oxygen atoms in total. The number of fused-ring (bicyclic) bond motifs is 1. The molecule has 5 rings (SSSR count). The lowest BCUT2D eigenvalue weighted by Crippen LogP contribution is -2.47. The van der Waals surface area contributed by atoms with Gasteiger partial charge >= 0.3 is 5.97 Å². The van der Waals surface area contributed by atoms with E-state index in [4.69, 9.17) is 0 Å². The van der Waals surface area contributed by atoms with Crippen molar-refractivity contribution in [2.24, 2.45) is 11.3 Å². The summed E-state index contributed by atoms with van der Waals surface area (Å²) < 4.78 is 0. The van der Waals surface area contributed by atoms with Crippen molar-refractivity contribution in [3.63, 3.8) is 0 Å². The van der Waals surface area contributed by atoms with Crippen molar-refractivity contribution in [2.45, 2.75) is 18.4 Å². The molecule has 2 aliphatic rings. The highest BCUT2D eigenvalue weighted by Gasteiger charge is 2.60. The predicted octanol–water partition coefficient (Wildman–Crippen LogP) is 5.33. The third-order valence-electron chi connectivity index (χ3n) is 7.09. The average molecular weight is 410 g/mol. The summed E-state index contributed by atoms with van der Waals surface area (Å²) >= 11 is 0. The number of likely N-dealkylation sites (tertiary alicyclic amines) is 1. The Morgan fingerprint density at radius 2 is 1.42 bits per heavy atom. The average Bonchev–Trinajstić information content (AvgIpc) is 3.20. The zero-order valence-electron chi connectivity index (χ0n) is 17.5. The maximum absolute atomic E-state index is 13.1. The Hall–Kier alpha value is -3.17. The standard InChI is InChI=1S/C28H27NO2/c30-27(31)28-20-29(18-21-10-4-1-5-11-21)19-26(28)24(22-12-6-2-7-13-22)16-17-25(28)23-14-8-3-9-15-23/h1-17,24-26H,18-20H2,(H,30,31). The summed E-state index contributed by atoms with van der Waals surface area (Å²) in [6.07, 6.45) is 4.41. The van der Waals surface area contributed by atoms with Crippen LogP contribution in [0.4, 0.5) is 0 Å². The molecular formula is C28H27NO2. The molecule has 0 bridgehead atoms. The van der Waals surface area contributed by atoms with Crippen molar-refractivity contribution in [2.75, 3.05) is 13.1 Å². The van der Waals surface area contributed by atoms with Gasteiger partial charge in [0.15, 0.2) is 0 Å². The minimum absolute atomic E-state index is 0.00585. The molecule has 4 unspecified atom stereocenters.